The van der Waals surface area contributed by atoms with Gasteiger partial charge in [-0.2, -0.15) is 0 Å². The number of rotatable bonds is 3. The molecule has 0 saturated heterocycles. The second-order valence-electron chi connectivity index (χ2n) is 4.54. The first kappa shape index (κ1) is 13.4. The van der Waals surface area contributed by atoms with Crippen LogP contribution in [0.5, 0.6) is 0 Å². The van der Waals surface area contributed by atoms with Crippen LogP contribution in [0, 0.1) is 0 Å². The number of pyridine rings is 1. The molecular formula is C14H16Cl2N2. The highest BCUT2D eigenvalue weighted by Crippen LogP contribution is 2.33. The first-order valence-corrected chi connectivity index (χ1v) is 6.82. The number of anilines is 1. The smallest absolute Gasteiger partial charge is 0.130 e. The summed E-state index contributed by atoms with van der Waals surface area (Å²) >= 11 is 12.4. The molecule has 0 aliphatic rings. The maximum Gasteiger partial charge on any atom is 0.130 e. The molecule has 0 atom stereocenters. The SMILES string of the molecule is CCNc1nc2c(Cl)ccc(Cl)c2cc1C(C)C. The van der Waals surface area contributed by atoms with Gasteiger partial charge in [0.2, 0.25) is 0 Å². The predicted molar refractivity (Wildman–Crippen MR) is 80.0 cm³/mol. The van der Waals surface area contributed by atoms with Gasteiger partial charge in [0, 0.05) is 11.9 Å². The number of benzene rings is 1. The van der Waals surface area contributed by atoms with Gasteiger partial charge >= 0.3 is 0 Å². The van der Waals surface area contributed by atoms with Crippen molar-refractivity contribution in [1.29, 1.82) is 0 Å². The van der Waals surface area contributed by atoms with Crippen molar-refractivity contribution in [3.63, 3.8) is 0 Å². The molecule has 0 aliphatic heterocycles. The Morgan fingerprint density at radius 1 is 1.22 bits per heavy atom. The van der Waals surface area contributed by atoms with Gasteiger partial charge in [0.15, 0.2) is 0 Å². The van der Waals surface area contributed by atoms with Crippen LogP contribution in [0.1, 0.15) is 32.3 Å². The monoisotopic (exact) mass is 282 g/mol. The van der Waals surface area contributed by atoms with E-state index in [0.29, 0.717) is 16.0 Å². The van der Waals surface area contributed by atoms with Crippen LogP contribution in [-0.2, 0) is 0 Å². The summed E-state index contributed by atoms with van der Waals surface area (Å²) in [6, 6.07) is 5.67. The second-order valence-corrected chi connectivity index (χ2v) is 5.35. The first-order valence-electron chi connectivity index (χ1n) is 6.07. The number of hydrogen-bond acceptors (Lipinski definition) is 2. The van der Waals surface area contributed by atoms with Crippen LogP contribution in [0.15, 0.2) is 18.2 Å². The van der Waals surface area contributed by atoms with Crippen LogP contribution in [0.3, 0.4) is 0 Å². The maximum atomic E-state index is 6.22. The van der Waals surface area contributed by atoms with Gasteiger partial charge in [-0.25, -0.2) is 4.98 Å². The molecule has 0 spiro atoms. The van der Waals surface area contributed by atoms with E-state index >= 15 is 0 Å². The van der Waals surface area contributed by atoms with E-state index in [0.717, 1.165) is 28.8 Å². The fourth-order valence-corrected chi connectivity index (χ4v) is 2.37. The molecule has 2 aromatic rings. The Bertz CT molecular complexity index is 580. The van der Waals surface area contributed by atoms with E-state index < -0.39 is 0 Å². The lowest BCUT2D eigenvalue weighted by atomic mass is 10.0. The van der Waals surface area contributed by atoms with E-state index in [1.54, 1.807) is 6.07 Å². The molecule has 0 saturated carbocycles. The summed E-state index contributed by atoms with van der Waals surface area (Å²) < 4.78 is 0. The zero-order valence-corrected chi connectivity index (χ0v) is 12.2. The quantitative estimate of drug-likeness (QED) is 0.848. The average molecular weight is 283 g/mol. The van der Waals surface area contributed by atoms with Gasteiger partial charge in [0.25, 0.3) is 0 Å². The predicted octanol–water partition coefficient (Wildman–Crippen LogP) is 5.10. The summed E-state index contributed by atoms with van der Waals surface area (Å²) in [5.41, 5.74) is 1.91. The van der Waals surface area contributed by atoms with Crippen LogP contribution in [0.2, 0.25) is 10.0 Å². The van der Waals surface area contributed by atoms with E-state index in [9.17, 15) is 0 Å². The zero-order valence-electron chi connectivity index (χ0n) is 10.7. The summed E-state index contributed by atoms with van der Waals surface area (Å²) in [7, 11) is 0. The van der Waals surface area contributed by atoms with E-state index in [1.807, 2.05) is 6.07 Å². The van der Waals surface area contributed by atoms with Gasteiger partial charge in [0.1, 0.15) is 5.82 Å². The number of fused-ring (bicyclic) bond motifs is 1. The molecule has 2 nitrogen and oxygen atoms in total. The Hall–Kier alpha value is -0.990. The fraction of sp³-hybridized carbons (Fsp3) is 0.357. The Morgan fingerprint density at radius 3 is 2.50 bits per heavy atom. The minimum Gasteiger partial charge on any atom is -0.370 e. The van der Waals surface area contributed by atoms with Gasteiger partial charge in [-0.05, 0) is 36.6 Å². The molecule has 96 valence electrons. The van der Waals surface area contributed by atoms with Crippen molar-refractivity contribution >= 4 is 39.9 Å². The van der Waals surface area contributed by atoms with Crippen LogP contribution in [0.4, 0.5) is 5.82 Å². The molecular weight excluding hydrogens is 267 g/mol. The van der Waals surface area contributed by atoms with Crippen molar-refractivity contribution < 1.29 is 0 Å². The molecule has 2 rings (SSSR count). The first-order chi connectivity index (χ1) is 8.54. The van der Waals surface area contributed by atoms with Gasteiger partial charge in [-0.3, -0.25) is 0 Å². The van der Waals surface area contributed by atoms with Crippen molar-refractivity contribution in [2.75, 3.05) is 11.9 Å². The largest absolute Gasteiger partial charge is 0.370 e. The van der Waals surface area contributed by atoms with Crippen molar-refractivity contribution in [2.45, 2.75) is 26.7 Å². The van der Waals surface area contributed by atoms with Crippen molar-refractivity contribution in [3.8, 4) is 0 Å². The topological polar surface area (TPSA) is 24.9 Å². The van der Waals surface area contributed by atoms with Crippen LogP contribution >= 0.6 is 23.2 Å². The molecule has 1 heterocycles. The molecule has 0 fully saturated rings. The van der Waals surface area contributed by atoms with Gasteiger partial charge < -0.3 is 5.32 Å². The number of aromatic nitrogens is 1. The fourth-order valence-electron chi connectivity index (χ4n) is 1.96. The molecule has 0 unspecified atom stereocenters. The highest BCUT2D eigenvalue weighted by atomic mass is 35.5. The Kier molecular flexibility index (Phi) is 3.98. The van der Waals surface area contributed by atoms with Crippen molar-refractivity contribution in [3.05, 3.63) is 33.8 Å². The van der Waals surface area contributed by atoms with E-state index in [1.165, 1.54) is 0 Å². The summed E-state index contributed by atoms with van der Waals surface area (Å²) in [6.45, 7) is 7.16. The summed E-state index contributed by atoms with van der Waals surface area (Å²) in [5, 5.41) is 5.51. The minimum absolute atomic E-state index is 0.381. The normalized spacial score (nSPS) is 11.2. The Labute approximate surface area is 117 Å². The molecule has 18 heavy (non-hydrogen) atoms. The highest BCUT2D eigenvalue weighted by Gasteiger charge is 2.13. The van der Waals surface area contributed by atoms with Gasteiger partial charge in [0.05, 0.1) is 15.6 Å². The van der Waals surface area contributed by atoms with Crippen LogP contribution in [-0.4, -0.2) is 11.5 Å². The van der Waals surface area contributed by atoms with E-state index in [-0.39, 0.29) is 0 Å². The molecule has 0 radical (unpaired) electrons. The summed E-state index contributed by atoms with van der Waals surface area (Å²) in [4.78, 5) is 4.62. The molecule has 0 aliphatic carbocycles. The third-order valence-electron chi connectivity index (χ3n) is 2.88. The Morgan fingerprint density at radius 2 is 1.89 bits per heavy atom. The van der Waals surface area contributed by atoms with Crippen LogP contribution in [0.25, 0.3) is 10.9 Å². The Balaban J connectivity index is 2.75. The minimum atomic E-state index is 0.381. The summed E-state index contributed by atoms with van der Waals surface area (Å²) in [5.74, 6) is 1.27. The third kappa shape index (κ3) is 2.40. The van der Waals surface area contributed by atoms with Crippen molar-refractivity contribution in [2.24, 2.45) is 0 Å². The molecule has 0 amide bonds. The number of halogens is 2. The lowest BCUT2D eigenvalue weighted by molar-refractivity contribution is 0.862. The maximum absolute atomic E-state index is 6.22. The van der Waals surface area contributed by atoms with Gasteiger partial charge in [-0.15, -0.1) is 0 Å². The van der Waals surface area contributed by atoms with Crippen molar-refractivity contribution in [1.82, 2.24) is 4.98 Å². The molecule has 1 N–H and O–H groups in total. The summed E-state index contributed by atoms with van der Waals surface area (Å²) in [6.07, 6.45) is 0. The number of nitrogens with zero attached hydrogens (tertiary/aromatic N) is 1. The molecule has 1 aromatic heterocycles. The number of nitrogens with one attached hydrogen (secondary N) is 1. The lowest BCUT2D eigenvalue weighted by Crippen LogP contribution is -2.05. The standard InChI is InChI=1S/C14H16Cl2N2/c1-4-17-14-9(8(2)3)7-10-11(15)5-6-12(16)13(10)18-14/h5-8H,4H2,1-3H3,(H,17,18). The van der Waals surface area contributed by atoms with Gasteiger partial charge in [-0.1, -0.05) is 37.0 Å². The molecule has 0 bridgehead atoms. The van der Waals surface area contributed by atoms with Crippen LogP contribution < -0.4 is 5.32 Å². The lowest BCUT2D eigenvalue weighted by Gasteiger charge is -2.15. The van der Waals surface area contributed by atoms with E-state index in [2.05, 4.69) is 37.1 Å². The average Bonchev–Trinajstić information content (AvgIpc) is 2.34. The zero-order chi connectivity index (χ0) is 13.3. The molecule has 1 aromatic carbocycles. The number of hydrogen-bond donors (Lipinski definition) is 1. The third-order valence-corrected chi connectivity index (χ3v) is 3.51. The molecule has 4 heteroatoms. The highest BCUT2D eigenvalue weighted by molar-refractivity contribution is 6.39. The second kappa shape index (κ2) is 5.33. The van der Waals surface area contributed by atoms with E-state index in [4.69, 9.17) is 23.2 Å².